The average molecular weight is 356 g/mol. The number of ether oxygens (including phenoxy) is 1. The summed E-state index contributed by atoms with van der Waals surface area (Å²) in [6, 6.07) is 9.63. The van der Waals surface area contributed by atoms with Crippen LogP contribution in [0.1, 0.15) is 18.1 Å². The van der Waals surface area contributed by atoms with Crippen molar-refractivity contribution in [2.24, 2.45) is 0 Å². The maximum absolute atomic E-state index is 5.86. The van der Waals surface area contributed by atoms with E-state index in [0.717, 1.165) is 33.7 Å². The molecule has 0 saturated carbocycles. The Bertz CT molecular complexity index is 560. The fourth-order valence-corrected chi connectivity index (χ4v) is 2.22. The average Bonchev–Trinajstić information content (AvgIpc) is 2.46. The highest BCUT2D eigenvalue weighted by Crippen LogP contribution is 2.21. The zero-order valence-electron chi connectivity index (χ0n) is 11.2. The number of hydrogen-bond donors (Lipinski definition) is 1. The van der Waals surface area contributed by atoms with Crippen molar-refractivity contribution in [1.29, 1.82) is 0 Å². The van der Waals surface area contributed by atoms with Gasteiger partial charge in [-0.3, -0.25) is 0 Å². The number of nitrogens with zero attached hydrogens (tertiary/aromatic N) is 1. The van der Waals surface area contributed by atoms with Crippen molar-refractivity contribution in [3.63, 3.8) is 0 Å². The van der Waals surface area contributed by atoms with Gasteiger partial charge in [-0.05, 0) is 46.2 Å². The third-order valence-electron chi connectivity index (χ3n) is 2.75. The molecule has 0 bridgehead atoms. The summed E-state index contributed by atoms with van der Waals surface area (Å²) in [6.45, 7) is 4.19. The maximum Gasteiger partial charge on any atom is 0.218 e. The Balaban J connectivity index is 2.06. The smallest absolute Gasteiger partial charge is 0.218 e. The number of aromatic nitrogens is 1. The standard InChI is InChI=1S/C15H16BrClN2O/c1-2-18-8-12-7-13(16)9-19-15(12)20-10-11-3-5-14(17)6-4-11/h3-7,9,18H,2,8,10H2,1H3. The molecule has 2 aromatic rings. The van der Waals surface area contributed by atoms with Crippen LogP contribution in [0.4, 0.5) is 0 Å². The highest BCUT2D eigenvalue weighted by Gasteiger charge is 2.06. The van der Waals surface area contributed by atoms with Gasteiger partial charge in [0.05, 0.1) is 0 Å². The summed E-state index contributed by atoms with van der Waals surface area (Å²) in [5, 5.41) is 4.00. The van der Waals surface area contributed by atoms with Gasteiger partial charge in [-0.25, -0.2) is 4.98 Å². The second kappa shape index (κ2) is 7.62. The lowest BCUT2D eigenvalue weighted by Gasteiger charge is -2.11. The van der Waals surface area contributed by atoms with Gasteiger partial charge in [0.2, 0.25) is 5.88 Å². The van der Waals surface area contributed by atoms with Gasteiger partial charge >= 0.3 is 0 Å². The Morgan fingerprint density at radius 3 is 2.75 bits per heavy atom. The molecule has 20 heavy (non-hydrogen) atoms. The van der Waals surface area contributed by atoms with Crippen LogP contribution in [0, 0.1) is 0 Å². The van der Waals surface area contributed by atoms with E-state index in [0.29, 0.717) is 12.5 Å². The van der Waals surface area contributed by atoms with Gasteiger partial charge in [0.15, 0.2) is 0 Å². The van der Waals surface area contributed by atoms with Crippen LogP contribution in [0.5, 0.6) is 5.88 Å². The van der Waals surface area contributed by atoms with E-state index in [1.165, 1.54) is 0 Å². The molecule has 0 fully saturated rings. The lowest BCUT2D eigenvalue weighted by atomic mass is 10.2. The van der Waals surface area contributed by atoms with Crippen molar-refractivity contribution >= 4 is 27.5 Å². The first kappa shape index (κ1) is 15.3. The molecule has 0 atom stereocenters. The van der Waals surface area contributed by atoms with Crippen molar-refractivity contribution < 1.29 is 4.74 Å². The Hall–Kier alpha value is -1.10. The second-order valence-electron chi connectivity index (χ2n) is 4.31. The van der Waals surface area contributed by atoms with Gasteiger partial charge in [0, 0.05) is 27.8 Å². The molecule has 0 aliphatic carbocycles. The van der Waals surface area contributed by atoms with Crippen LogP contribution in [-0.2, 0) is 13.2 Å². The summed E-state index contributed by atoms with van der Waals surface area (Å²) in [6.07, 6.45) is 1.74. The summed E-state index contributed by atoms with van der Waals surface area (Å²) >= 11 is 9.29. The van der Waals surface area contributed by atoms with Crippen molar-refractivity contribution in [3.8, 4) is 5.88 Å². The van der Waals surface area contributed by atoms with Crippen LogP contribution in [0.25, 0.3) is 0 Å². The lowest BCUT2D eigenvalue weighted by Crippen LogP contribution is -2.13. The molecule has 0 aliphatic rings. The first-order chi connectivity index (χ1) is 9.69. The predicted octanol–water partition coefficient (Wildman–Crippen LogP) is 4.19. The lowest BCUT2D eigenvalue weighted by molar-refractivity contribution is 0.289. The van der Waals surface area contributed by atoms with Crippen LogP contribution < -0.4 is 10.1 Å². The van der Waals surface area contributed by atoms with Crippen LogP contribution >= 0.6 is 27.5 Å². The molecule has 0 aliphatic heterocycles. The second-order valence-corrected chi connectivity index (χ2v) is 5.67. The molecule has 1 aromatic carbocycles. The molecule has 1 heterocycles. The first-order valence-corrected chi connectivity index (χ1v) is 7.58. The molecule has 0 unspecified atom stereocenters. The number of rotatable bonds is 6. The summed E-state index contributed by atoms with van der Waals surface area (Å²) in [4.78, 5) is 4.33. The maximum atomic E-state index is 5.86. The van der Waals surface area contributed by atoms with Crippen LogP contribution in [0.15, 0.2) is 41.0 Å². The molecule has 0 amide bonds. The Morgan fingerprint density at radius 2 is 2.05 bits per heavy atom. The SMILES string of the molecule is CCNCc1cc(Br)cnc1OCc1ccc(Cl)cc1. The number of benzene rings is 1. The normalized spacial score (nSPS) is 10.6. The summed E-state index contributed by atoms with van der Waals surface area (Å²) in [7, 11) is 0. The summed E-state index contributed by atoms with van der Waals surface area (Å²) in [5.41, 5.74) is 2.10. The highest BCUT2D eigenvalue weighted by molar-refractivity contribution is 9.10. The molecule has 0 spiro atoms. The third-order valence-corrected chi connectivity index (χ3v) is 3.43. The largest absolute Gasteiger partial charge is 0.473 e. The zero-order valence-corrected chi connectivity index (χ0v) is 13.5. The van der Waals surface area contributed by atoms with Gasteiger partial charge in [-0.15, -0.1) is 0 Å². The van der Waals surface area contributed by atoms with E-state index >= 15 is 0 Å². The molecule has 1 N–H and O–H groups in total. The third kappa shape index (κ3) is 4.47. The summed E-state index contributed by atoms with van der Waals surface area (Å²) < 4.78 is 6.75. The monoisotopic (exact) mass is 354 g/mol. The molecule has 106 valence electrons. The van der Waals surface area contributed by atoms with Crippen LogP contribution in [-0.4, -0.2) is 11.5 Å². The van der Waals surface area contributed by atoms with E-state index in [-0.39, 0.29) is 0 Å². The molecule has 1 aromatic heterocycles. The van der Waals surface area contributed by atoms with E-state index in [2.05, 4.69) is 33.2 Å². The van der Waals surface area contributed by atoms with Crippen molar-refractivity contribution in [2.45, 2.75) is 20.1 Å². The van der Waals surface area contributed by atoms with Crippen LogP contribution in [0.2, 0.25) is 5.02 Å². The zero-order chi connectivity index (χ0) is 14.4. The Labute approximate surface area is 132 Å². The van der Waals surface area contributed by atoms with Crippen molar-refractivity contribution in [2.75, 3.05) is 6.54 Å². The minimum Gasteiger partial charge on any atom is -0.473 e. The van der Waals surface area contributed by atoms with Crippen molar-refractivity contribution in [3.05, 3.63) is 57.2 Å². The number of nitrogens with one attached hydrogen (secondary N) is 1. The fraction of sp³-hybridized carbons (Fsp3) is 0.267. The fourth-order valence-electron chi connectivity index (χ4n) is 1.72. The first-order valence-electron chi connectivity index (χ1n) is 6.41. The van der Waals surface area contributed by atoms with E-state index in [1.54, 1.807) is 6.20 Å². The Kier molecular flexibility index (Phi) is 5.83. The van der Waals surface area contributed by atoms with Crippen LogP contribution in [0.3, 0.4) is 0 Å². The van der Waals surface area contributed by atoms with Gasteiger partial charge in [0.1, 0.15) is 6.61 Å². The molecule has 0 saturated heterocycles. The highest BCUT2D eigenvalue weighted by atomic mass is 79.9. The van der Waals surface area contributed by atoms with E-state index in [4.69, 9.17) is 16.3 Å². The number of pyridine rings is 1. The van der Waals surface area contributed by atoms with Crippen molar-refractivity contribution in [1.82, 2.24) is 10.3 Å². The molecule has 2 rings (SSSR count). The summed E-state index contributed by atoms with van der Waals surface area (Å²) in [5.74, 6) is 0.657. The Morgan fingerprint density at radius 1 is 1.30 bits per heavy atom. The van der Waals surface area contributed by atoms with E-state index in [1.807, 2.05) is 30.3 Å². The number of hydrogen-bond acceptors (Lipinski definition) is 3. The van der Waals surface area contributed by atoms with Gasteiger partial charge in [-0.2, -0.15) is 0 Å². The van der Waals surface area contributed by atoms with Gasteiger partial charge in [0.25, 0.3) is 0 Å². The van der Waals surface area contributed by atoms with E-state index < -0.39 is 0 Å². The van der Waals surface area contributed by atoms with Gasteiger partial charge < -0.3 is 10.1 Å². The quantitative estimate of drug-likeness (QED) is 0.844. The predicted molar refractivity (Wildman–Crippen MR) is 85.1 cm³/mol. The molecular weight excluding hydrogens is 340 g/mol. The molecule has 5 heteroatoms. The minimum absolute atomic E-state index is 0.477. The molecule has 0 radical (unpaired) electrons. The molecule has 3 nitrogen and oxygen atoms in total. The minimum atomic E-state index is 0.477. The molecular formula is C15H16BrClN2O. The van der Waals surface area contributed by atoms with E-state index in [9.17, 15) is 0 Å². The van der Waals surface area contributed by atoms with Gasteiger partial charge in [-0.1, -0.05) is 30.7 Å². The topological polar surface area (TPSA) is 34.2 Å². The number of halogens is 2.